The lowest BCUT2D eigenvalue weighted by Gasteiger charge is -2.15. The van der Waals surface area contributed by atoms with Crippen molar-refractivity contribution < 1.29 is 0 Å². The van der Waals surface area contributed by atoms with E-state index in [1.54, 1.807) is 0 Å². The summed E-state index contributed by atoms with van der Waals surface area (Å²) in [7, 11) is 0. The molecule has 2 N–H and O–H groups in total. The maximum Gasteiger partial charge on any atom is 0.182 e. The second kappa shape index (κ2) is 6.03. The van der Waals surface area contributed by atoms with Crippen molar-refractivity contribution in [1.29, 1.82) is 0 Å². The maximum absolute atomic E-state index is 5.88. The molecule has 1 atom stereocenters. The summed E-state index contributed by atoms with van der Waals surface area (Å²) in [5, 5.41) is 12.2. The number of hydrogen-bond donors (Lipinski definition) is 1. The van der Waals surface area contributed by atoms with Crippen molar-refractivity contribution in [2.45, 2.75) is 46.6 Å². The number of anilines is 1. The van der Waals surface area contributed by atoms with Gasteiger partial charge in [0, 0.05) is 11.3 Å². The van der Waals surface area contributed by atoms with Crippen molar-refractivity contribution in [3.8, 4) is 11.4 Å². The Morgan fingerprint density at radius 2 is 1.95 bits per heavy atom. The molecule has 0 aliphatic carbocycles. The van der Waals surface area contributed by atoms with Gasteiger partial charge in [-0.05, 0) is 60.7 Å². The van der Waals surface area contributed by atoms with Gasteiger partial charge < -0.3 is 5.73 Å². The Kier molecular flexibility index (Phi) is 4.37. The van der Waals surface area contributed by atoms with Crippen LogP contribution in [0.1, 0.15) is 45.2 Å². The maximum atomic E-state index is 5.88. The van der Waals surface area contributed by atoms with Crippen LogP contribution in [-0.2, 0) is 0 Å². The van der Waals surface area contributed by atoms with Crippen molar-refractivity contribution in [3.63, 3.8) is 0 Å². The van der Waals surface area contributed by atoms with E-state index in [1.807, 2.05) is 29.8 Å². The lowest BCUT2D eigenvalue weighted by molar-refractivity contribution is 0.406. The fourth-order valence-electron chi connectivity index (χ4n) is 2.25. The van der Waals surface area contributed by atoms with Crippen molar-refractivity contribution in [2.24, 2.45) is 5.92 Å². The first-order valence-corrected chi connectivity index (χ1v) is 7.13. The minimum absolute atomic E-state index is 0.281. The Balaban J connectivity index is 2.30. The van der Waals surface area contributed by atoms with Gasteiger partial charge in [-0.3, -0.25) is 0 Å². The zero-order valence-electron chi connectivity index (χ0n) is 12.7. The molecule has 1 aromatic heterocycles. The van der Waals surface area contributed by atoms with E-state index in [0.29, 0.717) is 5.92 Å². The number of benzene rings is 1. The number of nitrogens with zero attached hydrogens (tertiary/aromatic N) is 4. The lowest BCUT2D eigenvalue weighted by Crippen LogP contribution is -2.10. The average molecular weight is 273 g/mol. The first-order valence-electron chi connectivity index (χ1n) is 7.13. The van der Waals surface area contributed by atoms with Crippen LogP contribution < -0.4 is 5.73 Å². The van der Waals surface area contributed by atoms with E-state index in [4.69, 9.17) is 5.73 Å². The van der Waals surface area contributed by atoms with E-state index in [0.717, 1.165) is 35.5 Å². The quantitative estimate of drug-likeness (QED) is 0.849. The molecule has 0 fully saturated rings. The van der Waals surface area contributed by atoms with E-state index in [2.05, 4.69) is 36.3 Å². The van der Waals surface area contributed by atoms with E-state index in [9.17, 15) is 0 Å². The fraction of sp³-hybridized carbons (Fsp3) is 0.533. The first-order chi connectivity index (χ1) is 9.49. The van der Waals surface area contributed by atoms with Gasteiger partial charge in [-0.15, -0.1) is 5.10 Å². The lowest BCUT2D eigenvalue weighted by atomic mass is 10.0. The largest absolute Gasteiger partial charge is 0.399 e. The highest BCUT2D eigenvalue weighted by Crippen LogP contribution is 2.26. The second-order valence-corrected chi connectivity index (χ2v) is 5.84. The molecule has 0 aliphatic rings. The predicted molar refractivity (Wildman–Crippen MR) is 81.2 cm³/mol. The standard InChI is InChI=1S/C15H23N5/c1-10(2)5-7-12(4)20-15(17-18-19-20)14-9-13(16)8-6-11(14)3/h6,8-10,12H,5,7,16H2,1-4H3. The third-order valence-electron chi connectivity index (χ3n) is 3.57. The van der Waals surface area contributed by atoms with Crippen molar-refractivity contribution in [2.75, 3.05) is 5.73 Å². The summed E-state index contributed by atoms with van der Waals surface area (Å²) in [6.45, 7) is 8.67. The summed E-state index contributed by atoms with van der Waals surface area (Å²) < 4.78 is 1.91. The minimum atomic E-state index is 0.281. The van der Waals surface area contributed by atoms with Crippen molar-refractivity contribution in [1.82, 2.24) is 20.2 Å². The highest BCUT2D eigenvalue weighted by atomic mass is 15.5. The molecule has 1 unspecified atom stereocenters. The molecule has 2 rings (SSSR count). The molecule has 108 valence electrons. The van der Waals surface area contributed by atoms with Crippen molar-refractivity contribution in [3.05, 3.63) is 23.8 Å². The fourth-order valence-corrected chi connectivity index (χ4v) is 2.25. The molecule has 0 amide bonds. The Labute approximate surface area is 120 Å². The Morgan fingerprint density at radius 1 is 1.20 bits per heavy atom. The van der Waals surface area contributed by atoms with E-state index in [-0.39, 0.29) is 6.04 Å². The monoisotopic (exact) mass is 273 g/mol. The highest BCUT2D eigenvalue weighted by Gasteiger charge is 2.16. The zero-order chi connectivity index (χ0) is 14.7. The van der Waals surface area contributed by atoms with Crippen LogP contribution in [0.15, 0.2) is 18.2 Å². The van der Waals surface area contributed by atoms with Gasteiger partial charge in [-0.25, -0.2) is 4.68 Å². The Hall–Kier alpha value is -1.91. The molecule has 1 aromatic carbocycles. The molecule has 0 radical (unpaired) electrons. The van der Waals surface area contributed by atoms with Crippen LogP contribution in [0.25, 0.3) is 11.4 Å². The number of tetrazole rings is 1. The summed E-state index contributed by atoms with van der Waals surface area (Å²) >= 11 is 0. The third-order valence-corrected chi connectivity index (χ3v) is 3.57. The van der Waals surface area contributed by atoms with Crippen LogP contribution >= 0.6 is 0 Å². The van der Waals surface area contributed by atoms with Gasteiger partial charge in [0.1, 0.15) is 0 Å². The molecule has 5 nitrogen and oxygen atoms in total. The molecule has 2 aromatic rings. The van der Waals surface area contributed by atoms with Crippen molar-refractivity contribution >= 4 is 5.69 Å². The van der Waals surface area contributed by atoms with E-state index >= 15 is 0 Å². The second-order valence-electron chi connectivity index (χ2n) is 5.84. The van der Waals surface area contributed by atoms with Crippen LogP contribution in [0.4, 0.5) is 5.69 Å². The molecule has 1 heterocycles. The molecule has 0 aliphatic heterocycles. The number of hydrogen-bond acceptors (Lipinski definition) is 4. The SMILES string of the molecule is Cc1ccc(N)cc1-c1nnnn1C(C)CCC(C)C. The molecule has 5 heteroatoms. The van der Waals surface area contributed by atoms with Crippen LogP contribution in [0.5, 0.6) is 0 Å². The van der Waals surface area contributed by atoms with Crippen LogP contribution in [0.3, 0.4) is 0 Å². The van der Waals surface area contributed by atoms with Gasteiger partial charge in [-0.1, -0.05) is 19.9 Å². The van der Waals surface area contributed by atoms with Gasteiger partial charge in [0.25, 0.3) is 0 Å². The minimum Gasteiger partial charge on any atom is -0.399 e. The molecule has 0 spiro atoms. The van der Waals surface area contributed by atoms with Gasteiger partial charge >= 0.3 is 0 Å². The molecule has 0 saturated carbocycles. The Morgan fingerprint density at radius 3 is 2.65 bits per heavy atom. The third kappa shape index (κ3) is 3.15. The summed E-state index contributed by atoms with van der Waals surface area (Å²) in [5.74, 6) is 1.48. The average Bonchev–Trinajstić information content (AvgIpc) is 2.88. The van der Waals surface area contributed by atoms with Crippen LogP contribution in [0, 0.1) is 12.8 Å². The van der Waals surface area contributed by atoms with Gasteiger partial charge in [-0.2, -0.15) is 0 Å². The predicted octanol–water partition coefficient (Wildman–Crippen LogP) is 3.23. The highest BCUT2D eigenvalue weighted by molar-refractivity contribution is 5.65. The van der Waals surface area contributed by atoms with E-state index < -0.39 is 0 Å². The van der Waals surface area contributed by atoms with Crippen LogP contribution in [0.2, 0.25) is 0 Å². The topological polar surface area (TPSA) is 69.6 Å². The summed E-state index contributed by atoms with van der Waals surface area (Å²) in [4.78, 5) is 0. The number of nitrogens with two attached hydrogens (primary N) is 1. The van der Waals surface area contributed by atoms with E-state index in [1.165, 1.54) is 0 Å². The molecule has 0 bridgehead atoms. The normalized spacial score (nSPS) is 12.8. The van der Waals surface area contributed by atoms with Gasteiger partial charge in [0.05, 0.1) is 6.04 Å². The molecular weight excluding hydrogens is 250 g/mol. The van der Waals surface area contributed by atoms with Gasteiger partial charge in [0.15, 0.2) is 5.82 Å². The summed E-state index contributed by atoms with van der Waals surface area (Å²) in [6, 6.07) is 6.12. The first kappa shape index (κ1) is 14.5. The molecule has 20 heavy (non-hydrogen) atoms. The molecule has 0 saturated heterocycles. The smallest absolute Gasteiger partial charge is 0.182 e. The number of nitrogen functional groups attached to an aromatic ring is 1. The summed E-state index contributed by atoms with van der Waals surface area (Å²) in [6.07, 6.45) is 2.23. The Bertz CT molecular complexity index is 573. The summed E-state index contributed by atoms with van der Waals surface area (Å²) in [5.41, 5.74) is 8.75. The molecular formula is C15H23N5. The number of aromatic nitrogens is 4. The number of rotatable bonds is 5. The zero-order valence-corrected chi connectivity index (χ0v) is 12.7. The number of aryl methyl sites for hydroxylation is 1. The van der Waals surface area contributed by atoms with Crippen LogP contribution in [-0.4, -0.2) is 20.2 Å². The van der Waals surface area contributed by atoms with Gasteiger partial charge in [0.2, 0.25) is 0 Å².